The maximum Gasteiger partial charge on any atom is 0.340 e. The quantitative estimate of drug-likeness (QED) is 0.318. The van der Waals surface area contributed by atoms with Gasteiger partial charge in [0.1, 0.15) is 0 Å². The highest BCUT2D eigenvalue weighted by atomic mass is 127. The van der Waals surface area contributed by atoms with Crippen LogP contribution in [-0.4, -0.2) is 25.2 Å². The van der Waals surface area contributed by atoms with Crippen molar-refractivity contribution in [2.75, 3.05) is 13.2 Å². The molecule has 0 aliphatic rings. The van der Waals surface area contributed by atoms with Crippen molar-refractivity contribution in [1.29, 1.82) is 0 Å². The van der Waals surface area contributed by atoms with Crippen molar-refractivity contribution in [3.63, 3.8) is 0 Å². The van der Waals surface area contributed by atoms with Crippen LogP contribution >= 0.6 is 22.6 Å². The van der Waals surface area contributed by atoms with Crippen molar-refractivity contribution >= 4 is 34.5 Å². The Balaban J connectivity index is 2.76. The molecule has 0 saturated carbocycles. The van der Waals surface area contributed by atoms with Crippen molar-refractivity contribution in [3.05, 3.63) is 32.9 Å². The summed E-state index contributed by atoms with van der Waals surface area (Å²) < 4.78 is 11.2. The molecule has 0 bridgehead atoms. The lowest BCUT2D eigenvalue weighted by molar-refractivity contribution is 0.0449. The smallest absolute Gasteiger partial charge is 0.340 e. The van der Waals surface area contributed by atoms with Gasteiger partial charge >= 0.3 is 11.9 Å². The molecule has 0 unspecified atom stereocenters. The predicted molar refractivity (Wildman–Crippen MR) is 98.7 cm³/mol. The maximum absolute atomic E-state index is 12.3. The minimum absolute atomic E-state index is 0.280. The number of benzene rings is 1. The molecular weight excluding hydrogens is 407 g/mol. The number of carbonyl (C=O) groups is 2. The molecule has 1 aromatic rings. The summed E-state index contributed by atoms with van der Waals surface area (Å²) in [6.45, 7) is 7.02. The number of ether oxygens (including phenoxy) is 2. The van der Waals surface area contributed by atoms with Crippen molar-refractivity contribution in [1.82, 2.24) is 0 Å². The Hall–Kier alpha value is -1.11. The van der Waals surface area contributed by atoms with Crippen molar-refractivity contribution in [3.8, 4) is 0 Å². The molecule has 0 atom stereocenters. The summed E-state index contributed by atoms with van der Waals surface area (Å²) in [5.74, 6) is -0.345. The Morgan fingerprint density at radius 2 is 1.74 bits per heavy atom. The monoisotopic (exact) mass is 432 g/mol. The second-order valence-corrected chi connectivity index (χ2v) is 6.99. The Morgan fingerprint density at radius 3 is 2.39 bits per heavy atom. The fourth-order valence-electron chi connectivity index (χ4n) is 2.02. The van der Waals surface area contributed by atoms with Crippen LogP contribution in [0.4, 0.5) is 0 Å². The van der Waals surface area contributed by atoms with E-state index in [0.29, 0.717) is 28.3 Å². The standard InChI is InChI=1S/C18H25IO4/c1-4-5-11-22-17(20)14-9-6-10-15(19)16(14)18(21)23-12-7-8-13(2)3/h6,9-10,13H,4-5,7-8,11-12H2,1-3H3. The lowest BCUT2D eigenvalue weighted by Crippen LogP contribution is -2.16. The molecule has 1 rings (SSSR count). The van der Waals surface area contributed by atoms with Gasteiger partial charge < -0.3 is 9.47 Å². The number of unbranched alkanes of at least 4 members (excludes halogenated alkanes) is 1. The van der Waals surface area contributed by atoms with Gasteiger partial charge in [-0.05, 0) is 59.9 Å². The van der Waals surface area contributed by atoms with Gasteiger partial charge in [0.05, 0.1) is 24.3 Å². The first kappa shape index (κ1) is 19.9. The molecule has 0 aliphatic carbocycles. The van der Waals surface area contributed by atoms with E-state index < -0.39 is 11.9 Å². The van der Waals surface area contributed by atoms with Crippen LogP contribution in [0.25, 0.3) is 0 Å². The molecule has 1 aromatic carbocycles. The number of halogens is 1. The Labute approximate surface area is 152 Å². The molecule has 0 aliphatic heterocycles. The predicted octanol–water partition coefficient (Wildman–Crippen LogP) is 4.84. The third kappa shape index (κ3) is 6.89. The summed E-state index contributed by atoms with van der Waals surface area (Å²) in [6, 6.07) is 5.14. The van der Waals surface area contributed by atoms with Crippen LogP contribution in [0.1, 0.15) is 67.2 Å². The molecule has 0 aromatic heterocycles. The molecule has 4 nitrogen and oxygen atoms in total. The van der Waals surface area contributed by atoms with E-state index in [-0.39, 0.29) is 5.56 Å². The largest absolute Gasteiger partial charge is 0.462 e. The summed E-state index contributed by atoms with van der Waals surface area (Å²) in [5, 5.41) is 0. The average molecular weight is 432 g/mol. The molecule has 0 fully saturated rings. The first-order valence-electron chi connectivity index (χ1n) is 8.10. The van der Waals surface area contributed by atoms with Gasteiger partial charge in [0.15, 0.2) is 0 Å². The molecular formula is C18H25IO4. The maximum atomic E-state index is 12.3. The molecule has 0 saturated heterocycles. The lowest BCUT2D eigenvalue weighted by atomic mass is 10.1. The Kier molecular flexibility index (Phi) is 9.21. The molecule has 0 amide bonds. The third-order valence-corrected chi connectivity index (χ3v) is 4.23. The summed E-state index contributed by atoms with van der Waals surface area (Å²) >= 11 is 2.04. The summed E-state index contributed by atoms with van der Waals surface area (Å²) in [6.07, 6.45) is 3.59. The van der Waals surface area contributed by atoms with Gasteiger partial charge in [0.2, 0.25) is 0 Å². The average Bonchev–Trinajstić information content (AvgIpc) is 2.51. The fraction of sp³-hybridized carbons (Fsp3) is 0.556. The first-order valence-corrected chi connectivity index (χ1v) is 9.18. The van der Waals surface area contributed by atoms with E-state index >= 15 is 0 Å². The normalized spacial score (nSPS) is 10.7. The molecule has 0 radical (unpaired) electrons. The molecule has 128 valence electrons. The topological polar surface area (TPSA) is 52.6 Å². The number of esters is 2. The van der Waals surface area contributed by atoms with Gasteiger partial charge in [-0.1, -0.05) is 33.3 Å². The number of hydrogen-bond donors (Lipinski definition) is 0. The zero-order chi connectivity index (χ0) is 17.2. The highest BCUT2D eigenvalue weighted by Gasteiger charge is 2.22. The van der Waals surface area contributed by atoms with E-state index in [1.54, 1.807) is 18.2 Å². The second kappa shape index (κ2) is 10.6. The highest BCUT2D eigenvalue weighted by molar-refractivity contribution is 14.1. The van der Waals surface area contributed by atoms with Gasteiger partial charge in [-0.3, -0.25) is 0 Å². The molecule has 5 heteroatoms. The van der Waals surface area contributed by atoms with Crippen LogP contribution in [0.3, 0.4) is 0 Å². The summed E-state index contributed by atoms with van der Waals surface area (Å²) in [5.41, 5.74) is 0.584. The van der Waals surface area contributed by atoms with E-state index in [1.165, 1.54) is 0 Å². The van der Waals surface area contributed by atoms with E-state index in [4.69, 9.17) is 9.47 Å². The SMILES string of the molecule is CCCCOC(=O)c1cccc(I)c1C(=O)OCCCC(C)C. The van der Waals surface area contributed by atoms with Crippen LogP contribution in [0, 0.1) is 9.49 Å². The molecule has 0 heterocycles. The minimum Gasteiger partial charge on any atom is -0.462 e. The van der Waals surface area contributed by atoms with E-state index in [1.807, 2.05) is 29.5 Å². The van der Waals surface area contributed by atoms with Crippen molar-refractivity contribution in [2.45, 2.75) is 46.5 Å². The van der Waals surface area contributed by atoms with Crippen molar-refractivity contribution in [2.24, 2.45) is 5.92 Å². The van der Waals surface area contributed by atoms with E-state index in [9.17, 15) is 9.59 Å². The van der Waals surface area contributed by atoms with Gasteiger partial charge in [0, 0.05) is 3.57 Å². The second-order valence-electron chi connectivity index (χ2n) is 5.82. The van der Waals surface area contributed by atoms with E-state index in [0.717, 1.165) is 25.7 Å². The fourth-order valence-corrected chi connectivity index (χ4v) is 2.74. The number of carbonyl (C=O) groups excluding carboxylic acids is 2. The molecule has 23 heavy (non-hydrogen) atoms. The van der Waals surface area contributed by atoms with Crippen LogP contribution in [-0.2, 0) is 9.47 Å². The number of rotatable bonds is 9. The van der Waals surface area contributed by atoms with Gasteiger partial charge in [-0.2, -0.15) is 0 Å². The van der Waals surface area contributed by atoms with Crippen LogP contribution in [0.2, 0.25) is 0 Å². The van der Waals surface area contributed by atoms with Gasteiger partial charge in [0.25, 0.3) is 0 Å². The van der Waals surface area contributed by atoms with Crippen LogP contribution < -0.4 is 0 Å². The van der Waals surface area contributed by atoms with Crippen LogP contribution in [0.15, 0.2) is 18.2 Å². The third-order valence-electron chi connectivity index (χ3n) is 3.33. The van der Waals surface area contributed by atoms with Crippen LogP contribution in [0.5, 0.6) is 0 Å². The Morgan fingerprint density at radius 1 is 1.09 bits per heavy atom. The lowest BCUT2D eigenvalue weighted by Gasteiger charge is -2.12. The van der Waals surface area contributed by atoms with Crippen molar-refractivity contribution < 1.29 is 19.1 Å². The van der Waals surface area contributed by atoms with Gasteiger partial charge in [-0.15, -0.1) is 0 Å². The minimum atomic E-state index is -0.467. The summed E-state index contributed by atoms with van der Waals surface area (Å²) in [4.78, 5) is 24.5. The molecule has 0 spiro atoms. The summed E-state index contributed by atoms with van der Waals surface area (Å²) in [7, 11) is 0. The molecule has 0 N–H and O–H groups in total. The van der Waals surface area contributed by atoms with Gasteiger partial charge in [-0.25, -0.2) is 9.59 Å². The Bertz CT molecular complexity index is 526. The zero-order valence-corrected chi connectivity index (χ0v) is 16.2. The zero-order valence-electron chi connectivity index (χ0n) is 14.1. The van der Waals surface area contributed by atoms with E-state index in [2.05, 4.69) is 13.8 Å². The first-order chi connectivity index (χ1) is 11.0. The number of hydrogen-bond acceptors (Lipinski definition) is 4. The highest BCUT2D eigenvalue weighted by Crippen LogP contribution is 2.20.